The molecule has 0 radical (unpaired) electrons. The first kappa shape index (κ1) is 8.52. The van der Waals surface area contributed by atoms with Crippen LogP contribution in [0.15, 0.2) is 0 Å². The van der Waals surface area contributed by atoms with Gasteiger partial charge in [0.25, 0.3) is 0 Å². The fourth-order valence-corrected chi connectivity index (χ4v) is 2.91. The standard InChI is InChI=1S/C10H20N2/c1-8-5-10(11,6-8)9-3-2-4-12-7-9/h8-9,12H,2-7,11H2,1H3. The normalized spacial score (nSPS) is 48.5. The van der Waals surface area contributed by atoms with Gasteiger partial charge < -0.3 is 11.1 Å². The molecule has 2 fully saturated rings. The first-order chi connectivity index (χ1) is 5.71. The number of nitrogens with one attached hydrogen (secondary N) is 1. The lowest BCUT2D eigenvalue weighted by Gasteiger charge is -2.50. The van der Waals surface area contributed by atoms with Crippen LogP contribution in [0.5, 0.6) is 0 Å². The van der Waals surface area contributed by atoms with E-state index in [9.17, 15) is 0 Å². The maximum Gasteiger partial charge on any atom is 0.0200 e. The molecule has 0 aromatic carbocycles. The van der Waals surface area contributed by atoms with Crippen LogP contribution in [0.3, 0.4) is 0 Å². The molecule has 1 atom stereocenters. The summed E-state index contributed by atoms with van der Waals surface area (Å²) in [6.45, 7) is 4.66. The summed E-state index contributed by atoms with van der Waals surface area (Å²) in [5, 5.41) is 3.44. The van der Waals surface area contributed by atoms with Gasteiger partial charge in [0.2, 0.25) is 0 Å². The summed E-state index contributed by atoms with van der Waals surface area (Å²) >= 11 is 0. The van der Waals surface area contributed by atoms with Crippen molar-refractivity contribution < 1.29 is 0 Å². The van der Waals surface area contributed by atoms with Crippen LogP contribution in [0.4, 0.5) is 0 Å². The van der Waals surface area contributed by atoms with Gasteiger partial charge in [0.05, 0.1) is 0 Å². The van der Waals surface area contributed by atoms with Gasteiger partial charge in [-0.1, -0.05) is 6.92 Å². The third kappa shape index (κ3) is 1.38. The molecule has 2 heteroatoms. The minimum Gasteiger partial charge on any atom is -0.325 e. The van der Waals surface area contributed by atoms with Crippen molar-refractivity contribution in [1.29, 1.82) is 0 Å². The highest BCUT2D eigenvalue weighted by atomic mass is 14.9. The largest absolute Gasteiger partial charge is 0.325 e. The number of hydrogen-bond acceptors (Lipinski definition) is 2. The maximum atomic E-state index is 6.33. The molecule has 0 aromatic heterocycles. The zero-order valence-corrected chi connectivity index (χ0v) is 7.97. The molecule has 1 unspecified atom stereocenters. The predicted octanol–water partition coefficient (Wildman–Crippen LogP) is 1.11. The Hall–Kier alpha value is -0.0800. The maximum absolute atomic E-state index is 6.33. The molecule has 2 nitrogen and oxygen atoms in total. The van der Waals surface area contributed by atoms with Crippen molar-refractivity contribution in [2.75, 3.05) is 13.1 Å². The minimum atomic E-state index is 0.201. The van der Waals surface area contributed by atoms with E-state index in [4.69, 9.17) is 5.73 Å². The second-order valence-electron chi connectivity index (χ2n) is 4.79. The Morgan fingerprint density at radius 2 is 2.17 bits per heavy atom. The van der Waals surface area contributed by atoms with E-state index < -0.39 is 0 Å². The van der Waals surface area contributed by atoms with Crippen molar-refractivity contribution in [1.82, 2.24) is 5.32 Å². The average Bonchev–Trinajstić information content (AvgIpc) is 2.04. The highest BCUT2D eigenvalue weighted by Gasteiger charge is 2.44. The summed E-state index contributed by atoms with van der Waals surface area (Å²) in [5.41, 5.74) is 6.53. The molecular weight excluding hydrogens is 148 g/mol. The van der Waals surface area contributed by atoms with Crippen molar-refractivity contribution in [3.05, 3.63) is 0 Å². The van der Waals surface area contributed by atoms with Crippen LogP contribution in [-0.2, 0) is 0 Å². The molecule has 0 bridgehead atoms. The molecule has 12 heavy (non-hydrogen) atoms. The fraction of sp³-hybridized carbons (Fsp3) is 1.00. The van der Waals surface area contributed by atoms with E-state index >= 15 is 0 Å². The predicted molar refractivity (Wildman–Crippen MR) is 50.9 cm³/mol. The monoisotopic (exact) mass is 168 g/mol. The summed E-state index contributed by atoms with van der Waals surface area (Å²) in [4.78, 5) is 0. The van der Waals surface area contributed by atoms with E-state index in [1.165, 1.54) is 32.2 Å². The van der Waals surface area contributed by atoms with Gasteiger partial charge in [0.15, 0.2) is 0 Å². The van der Waals surface area contributed by atoms with Crippen LogP contribution in [0.25, 0.3) is 0 Å². The van der Waals surface area contributed by atoms with Crippen LogP contribution < -0.4 is 11.1 Å². The van der Waals surface area contributed by atoms with Crippen LogP contribution >= 0.6 is 0 Å². The van der Waals surface area contributed by atoms with Gasteiger partial charge >= 0.3 is 0 Å². The van der Waals surface area contributed by atoms with Gasteiger partial charge in [0, 0.05) is 5.54 Å². The third-order valence-corrected chi connectivity index (χ3v) is 3.57. The zero-order valence-electron chi connectivity index (χ0n) is 7.97. The Balaban J connectivity index is 1.90. The van der Waals surface area contributed by atoms with Gasteiger partial charge in [-0.25, -0.2) is 0 Å². The van der Waals surface area contributed by atoms with Crippen LogP contribution in [0.1, 0.15) is 32.6 Å². The molecule has 2 rings (SSSR count). The first-order valence-corrected chi connectivity index (χ1v) is 5.20. The van der Waals surface area contributed by atoms with Crippen LogP contribution in [0, 0.1) is 11.8 Å². The lowest BCUT2D eigenvalue weighted by Crippen LogP contribution is -2.59. The van der Waals surface area contributed by atoms with Crippen molar-refractivity contribution in [2.24, 2.45) is 17.6 Å². The summed E-state index contributed by atoms with van der Waals surface area (Å²) in [5.74, 6) is 1.62. The van der Waals surface area contributed by atoms with Crippen molar-refractivity contribution in [3.8, 4) is 0 Å². The van der Waals surface area contributed by atoms with E-state index in [1.54, 1.807) is 0 Å². The second-order valence-corrected chi connectivity index (χ2v) is 4.79. The Bertz CT molecular complexity index is 155. The van der Waals surface area contributed by atoms with Gasteiger partial charge in [-0.3, -0.25) is 0 Å². The summed E-state index contributed by atoms with van der Waals surface area (Å²) in [6, 6.07) is 0. The smallest absolute Gasteiger partial charge is 0.0200 e. The molecule has 1 aliphatic carbocycles. The molecule has 2 aliphatic rings. The molecule has 1 aliphatic heterocycles. The van der Waals surface area contributed by atoms with Gasteiger partial charge in [-0.2, -0.15) is 0 Å². The number of piperidine rings is 1. The minimum absolute atomic E-state index is 0.201. The van der Waals surface area contributed by atoms with Crippen LogP contribution in [0.2, 0.25) is 0 Å². The third-order valence-electron chi connectivity index (χ3n) is 3.57. The molecular formula is C10H20N2. The Labute approximate surface area is 74.9 Å². The Morgan fingerprint density at radius 1 is 1.42 bits per heavy atom. The van der Waals surface area contributed by atoms with Gasteiger partial charge in [0.1, 0.15) is 0 Å². The van der Waals surface area contributed by atoms with E-state index in [2.05, 4.69) is 12.2 Å². The van der Waals surface area contributed by atoms with E-state index in [1.807, 2.05) is 0 Å². The summed E-state index contributed by atoms with van der Waals surface area (Å²) < 4.78 is 0. The Morgan fingerprint density at radius 3 is 2.67 bits per heavy atom. The molecule has 70 valence electrons. The van der Waals surface area contributed by atoms with Crippen molar-refractivity contribution in [2.45, 2.75) is 38.1 Å². The zero-order chi connectivity index (χ0) is 8.60. The fourth-order valence-electron chi connectivity index (χ4n) is 2.91. The average molecular weight is 168 g/mol. The highest BCUT2D eigenvalue weighted by Crippen LogP contribution is 2.42. The summed E-state index contributed by atoms with van der Waals surface area (Å²) in [6.07, 6.45) is 5.16. The molecule has 3 N–H and O–H groups in total. The first-order valence-electron chi connectivity index (χ1n) is 5.20. The molecule has 0 spiro atoms. The topological polar surface area (TPSA) is 38.0 Å². The lowest BCUT2D eigenvalue weighted by atomic mass is 9.61. The van der Waals surface area contributed by atoms with E-state index in [-0.39, 0.29) is 5.54 Å². The molecule has 0 amide bonds. The summed E-state index contributed by atoms with van der Waals surface area (Å²) in [7, 11) is 0. The number of rotatable bonds is 1. The molecule has 0 aromatic rings. The quantitative estimate of drug-likeness (QED) is 0.615. The number of hydrogen-bond donors (Lipinski definition) is 2. The lowest BCUT2D eigenvalue weighted by molar-refractivity contribution is 0.0765. The highest BCUT2D eigenvalue weighted by molar-refractivity contribution is 5.02. The van der Waals surface area contributed by atoms with E-state index in [0.29, 0.717) is 0 Å². The Kier molecular flexibility index (Phi) is 2.13. The second kappa shape index (κ2) is 3.00. The molecule has 1 saturated heterocycles. The molecule has 1 saturated carbocycles. The van der Waals surface area contributed by atoms with Gasteiger partial charge in [-0.15, -0.1) is 0 Å². The van der Waals surface area contributed by atoms with E-state index in [0.717, 1.165) is 18.4 Å². The SMILES string of the molecule is CC1CC(N)(C2CCCNC2)C1. The van der Waals surface area contributed by atoms with Crippen LogP contribution in [-0.4, -0.2) is 18.6 Å². The van der Waals surface area contributed by atoms with Gasteiger partial charge in [-0.05, 0) is 50.6 Å². The van der Waals surface area contributed by atoms with Crippen molar-refractivity contribution in [3.63, 3.8) is 0 Å². The number of nitrogens with two attached hydrogens (primary N) is 1. The molecule has 1 heterocycles. The van der Waals surface area contributed by atoms with Crippen molar-refractivity contribution >= 4 is 0 Å².